The lowest BCUT2D eigenvalue weighted by atomic mass is 10.1. The van der Waals surface area contributed by atoms with E-state index >= 15 is 0 Å². The number of carbonyl (C=O) groups is 1. The van der Waals surface area contributed by atoms with Crippen molar-refractivity contribution >= 4 is 35.0 Å². The van der Waals surface area contributed by atoms with Crippen molar-refractivity contribution in [2.45, 2.75) is 17.6 Å². The molecule has 2 rings (SSSR count). The van der Waals surface area contributed by atoms with Gasteiger partial charge >= 0.3 is 12.1 Å². The van der Waals surface area contributed by atoms with Crippen LogP contribution in [0.3, 0.4) is 0 Å². The number of thioether (sulfide) groups is 1. The topological polar surface area (TPSA) is 38.3 Å². The molecule has 0 aliphatic carbocycles. The first-order valence-corrected chi connectivity index (χ1v) is 8.66. The third kappa shape index (κ3) is 5.54. The molecular weight excluding hydrogens is 394 g/mol. The van der Waals surface area contributed by atoms with Gasteiger partial charge in [0, 0.05) is 11.4 Å². The van der Waals surface area contributed by atoms with Crippen molar-refractivity contribution in [2.24, 2.45) is 0 Å². The zero-order valence-corrected chi connectivity index (χ0v) is 15.1. The number of rotatable bonds is 6. The Balaban J connectivity index is 2.19. The minimum Gasteiger partial charge on any atom is -0.465 e. The Kier molecular flexibility index (Phi) is 6.77. The molecule has 0 aliphatic rings. The van der Waals surface area contributed by atoms with Gasteiger partial charge in [-0.2, -0.15) is 13.2 Å². The number of hydrogen-bond acceptors (Lipinski definition) is 4. The maximum atomic E-state index is 14.1. The van der Waals surface area contributed by atoms with E-state index in [4.69, 9.17) is 11.6 Å². The van der Waals surface area contributed by atoms with Crippen LogP contribution in [0.1, 0.15) is 15.9 Å². The zero-order chi connectivity index (χ0) is 19.3. The van der Waals surface area contributed by atoms with Crippen LogP contribution < -0.4 is 5.32 Å². The lowest BCUT2D eigenvalue weighted by molar-refractivity contribution is -0.105. The molecular formula is C17H14ClF4NO2S. The van der Waals surface area contributed by atoms with Gasteiger partial charge in [-0.25, -0.2) is 9.18 Å². The zero-order valence-electron chi connectivity index (χ0n) is 13.5. The molecule has 0 aromatic heterocycles. The Labute approximate surface area is 156 Å². The highest BCUT2D eigenvalue weighted by molar-refractivity contribution is 7.99. The molecule has 0 saturated heterocycles. The predicted octanol–water partition coefficient (Wildman–Crippen LogP) is 5.53. The van der Waals surface area contributed by atoms with Gasteiger partial charge < -0.3 is 10.1 Å². The van der Waals surface area contributed by atoms with Crippen molar-refractivity contribution in [1.82, 2.24) is 0 Å². The maximum Gasteiger partial charge on any atom is 0.398 e. The summed E-state index contributed by atoms with van der Waals surface area (Å²) in [5.74, 6) is -2.38. The van der Waals surface area contributed by atoms with Crippen molar-refractivity contribution in [3.63, 3.8) is 0 Å². The van der Waals surface area contributed by atoms with Crippen LogP contribution >= 0.6 is 23.4 Å². The second-order valence-corrected chi connectivity index (χ2v) is 6.59. The molecule has 0 amide bonds. The van der Waals surface area contributed by atoms with Gasteiger partial charge in [0.2, 0.25) is 0 Å². The standard InChI is InChI=1S/C17H14ClF4NO2S/c1-25-16(24)11-5-3-2-4-10(11)8-23-14-7-15(12(18)6-13(14)19)26-9-17(20,21)22/h2-7,23H,8-9H2,1H3. The Morgan fingerprint density at radius 2 is 1.96 bits per heavy atom. The number of ether oxygens (including phenoxy) is 1. The van der Waals surface area contributed by atoms with Crippen LogP contribution in [0, 0.1) is 5.82 Å². The van der Waals surface area contributed by atoms with E-state index in [1.807, 2.05) is 0 Å². The van der Waals surface area contributed by atoms with Gasteiger partial charge in [0.1, 0.15) is 5.82 Å². The molecule has 0 aliphatic heterocycles. The third-order valence-corrected chi connectivity index (χ3v) is 4.85. The SMILES string of the molecule is COC(=O)c1ccccc1CNc1cc(SCC(F)(F)F)c(Cl)cc1F. The normalized spacial score (nSPS) is 11.3. The second-order valence-electron chi connectivity index (χ2n) is 5.17. The lowest BCUT2D eigenvalue weighted by Gasteiger charge is -2.13. The van der Waals surface area contributed by atoms with Crippen molar-refractivity contribution in [3.8, 4) is 0 Å². The van der Waals surface area contributed by atoms with E-state index in [0.717, 1.165) is 6.07 Å². The summed E-state index contributed by atoms with van der Waals surface area (Å²) in [7, 11) is 1.25. The average Bonchev–Trinajstić information content (AvgIpc) is 2.59. The summed E-state index contributed by atoms with van der Waals surface area (Å²) in [4.78, 5) is 11.8. The molecule has 2 aromatic carbocycles. The molecule has 26 heavy (non-hydrogen) atoms. The third-order valence-electron chi connectivity index (χ3n) is 3.30. The van der Waals surface area contributed by atoms with Gasteiger partial charge in [-0.1, -0.05) is 29.8 Å². The van der Waals surface area contributed by atoms with Gasteiger partial charge in [0.15, 0.2) is 0 Å². The van der Waals surface area contributed by atoms with Crippen LogP contribution in [0.2, 0.25) is 5.02 Å². The highest BCUT2D eigenvalue weighted by Crippen LogP contribution is 2.35. The maximum absolute atomic E-state index is 14.1. The second kappa shape index (κ2) is 8.64. The van der Waals surface area contributed by atoms with Gasteiger partial charge in [-0.3, -0.25) is 0 Å². The molecule has 0 radical (unpaired) electrons. The fraction of sp³-hybridized carbons (Fsp3) is 0.235. The van der Waals surface area contributed by atoms with E-state index in [1.54, 1.807) is 24.3 Å². The first-order chi connectivity index (χ1) is 12.2. The van der Waals surface area contributed by atoms with E-state index < -0.39 is 23.7 Å². The van der Waals surface area contributed by atoms with Gasteiger partial charge in [-0.15, -0.1) is 11.8 Å². The van der Waals surface area contributed by atoms with Crippen LogP contribution in [0.4, 0.5) is 23.2 Å². The highest BCUT2D eigenvalue weighted by Gasteiger charge is 2.28. The summed E-state index contributed by atoms with van der Waals surface area (Å²) < 4.78 is 55.9. The van der Waals surface area contributed by atoms with E-state index in [-0.39, 0.29) is 22.2 Å². The molecule has 9 heteroatoms. The van der Waals surface area contributed by atoms with E-state index in [9.17, 15) is 22.4 Å². The molecule has 1 N–H and O–H groups in total. The number of benzene rings is 2. The van der Waals surface area contributed by atoms with Crippen LogP contribution in [-0.4, -0.2) is 25.0 Å². The number of hydrogen-bond donors (Lipinski definition) is 1. The monoisotopic (exact) mass is 407 g/mol. The summed E-state index contributed by atoms with van der Waals surface area (Å²) in [6, 6.07) is 8.75. The quantitative estimate of drug-likeness (QED) is 0.388. The smallest absolute Gasteiger partial charge is 0.398 e. The molecule has 0 saturated carbocycles. The molecule has 0 bridgehead atoms. The molecule has 2 aromatic rings. The van der Waals surface area contributed by atoms with Crippen molar-refractivity contribution < 1.29 is 27.1 Å². The fourth-order valence-corrected chi connectivity index (χ4v) is 3.14. The Morgan fingerprint density at radius 1 is 1.27 bits per heavy atom. The van der Waals surface area contributed by atoms with Gasteiger partial charge in [-0.05, 0) is 23.8 Å². The molecule has 0 heterocycles. The highest BCUT2D eigenvalue weighted by atomic mass is 35.5. The number of anilines is 1. The first-order valence-electron chi connectivity index (χ1n) is 7.30. The summed E-state index contributed by atoms with van der Waals surface area (Å²) in [5, 5.41) is 2.68. The lowest BCUT2D eigenvalue weighted by Crippen LogP contribution is -2.11. The van der Waals surface area contributed by atoms with E-state index in [1.165, 1.54) is 13.2 Å². The molecule has 140 valence electrons. The molecule has 0 spiro atoms. The summed E-state index contributed by atoms with van der Waals surface area (Å²) in [6.07, 6.45) is -4.37. The largest absolute Gasteiger partial charge is 0.465 e. The Bertz CT molecular complexity index is 799. The van der Waals surface area contributed by atoms with E-state index in [2.05, 4.69) is 10.1 Å². The average molecular weight is 408 g/mol. The first kappa shape index (κ1) is 20.4. The Hall–Kier alpha value is -1.93. The van der Waals surface area contributed by atoms with Crippen LogP contribution in [0.5, 0.6) is 0 Å². The number of halogens is 5. The number of nitrogens with one attached hydrogen (secondary N) is 1. The van der Waals surface area contributed by atoms with Crippen LogP contribution in [0.15, 0.2) is 41.3 Å². The van der Waals surface area contributed by atoms with Crippen molar-refractivity contribution in [2.75, 3.05) is 18.2 Å². The minimum absolute atomic E-state index is 0.0151. The molecule has 0 fully saturated rings. The minimum atomic E-state index is -4.37. The van der Waals surface area contributed by atoms with Gasteiger partial charge in [0.05, 0.1) is 29.1 Å². The number of methoxy groups -OCH3 is 1. The van der Waals surface area contributed by atoms with Crippen molar-refractivity contribution in [3.05, 3.63) is 58.4 Å². The number of alkyl halides is 3. The van der Waals surface area contributed by atoms with Gasteiger partial charge in [0.25, 0.3) is 0 Å². The molecule has 3 nitrogen and oxygen atoms in total. The number of esters is 1. The molecule has 0 atom stereocenters. The number of carbonyl (C=O) groups excluding carboxylic acids is 1. The van der Waals surface area contributed by atoms with Crippen LogP contribution in [-0.2, 0) is 11.3 Å². The molecule has 0 unspecified atom stereocenters. The summed E-state index contributed by atoms with van der Waals surface area (Å²) >= 11 is 6.29. The summed E-state index contributed by atoms with van der Waals surface area (Å²) in [5.41, 5.74) is 0.848. The summed E-state index contributed by atoms with van der Waals surface area (Å²) in [6.45, 7) is 0.0766. The van der Waals surface area contributed by atoms with Crippen LogP contribution in [0.25, 0.3) is 0 Å². The Morgan fingerprint density at radius 3 is 2.62 bits per heavy atom. The van der Waals surface area contributed by atoms with Crippen molar-refractivity contribution in [1.29, 1.82) is 0 Å². The fourth-order valence-electron chi connectivity index (χ4n) is 2.11. The van der Waals surface area contributed by atoms with E-state index in [0.29, 0.717) is 22.9 Å². The predicted molar refractivity (Wildman–Crippen MR) is 93.3 cm³/mol.